The largest absolute Gasteiger partial charge is 0.454 e. The molecule has 84 heavy (non-hydrogen) atoms. The zero-order valence-electron chi connectivity index (χ0n) is 53.5. The SMILES string of the molecule is CC/C=C\C/C=C\C/C=C\C/C=C\C/C=C\CCCCCCCCC(O)C(=O)NC(COC1OC(CO)C(O)C(O)C1OC(=O)CCCCCCCCCC/C=C\C/C=C\C/C=C\CCCCC)C(O)/C=C/CCCCCCCCCCCC. The van der Waals surface area contributed by atoms with Crippen LogP contribution in [-0.4, -0.2) is 99.6 Å². The quantitative estimate of drug-likeness (QED) is 0.0195. The van der Waals surface area contributed by atoms with Crippen molar-refractivity contribution in [2.24, 2.45) is 0 Å². The van der Waals surface area contributed by atoms with Gasteiger partial charge in [0.1, 0.15) is 24.4 Å². The van der Waals surface area contributed by atoms with Crippen LogP contribution in [-0.2, 0) is 23.8 Å². The van der Waals surface area contributed by atoms with Gasteiger partial charge in [0.15, 0.2) is 12.4 Å². The van der Waals surface area contributed by atoms with Gasteiger partial charge >= 0.3 is 5.97 Å². The number of hydrogen-bond acceptors (Lipinski definition) is 10. The number of aliphatic hydroxyl groups excluding tert-OH is 5. The Labute approximate surface area is 513 Å². The Morgan fingerprint density at radius 3 is 1.31 bits per heavy atom. The highest BCUT2D eigenvalue weighted by Gasteiger charge is 2.47. The number of esters is 1. The second kappa shape index (κ2) is 59.6. The van der Waals surface area contributed by atoms with Gasteiger partial charge in [0.2, 0.25) is 5.91 Å². The van der Waals surface area contributed by atoms with Gasteiger partial charge in [-0.2, -0.15) is 0 Å². The maximum atomic E-state index is 13.5. The first-order valence-electron chi connectivity index (χ1n) is 34.2. The van der Waals surface area contributed by atoms with Crippen molar-refractivity contribution >= 4 is 11.9 Å². The third-order valence-electron chi connectivity index (χ3n) is 15.4. The summed E-state index contributed by atoms with van der Waals surface area (Å²) in [6.07, 6.45) is 71.1. The lowest BCUT2D eigenvalue weighted by Gasteiger charge is -2.41. The van der Waals surface area contributed by atoms with Crippen molar-refractivity contribution in [1.82, 2.24) is 5.32 Å². The number of ether oxygens (including phenoxy) is 3. The molecular formula is C73H125NO10. The van der Waals surface area contributed by atoms with Crippen LogP contribution in [0.4, 0.5) is 0 Å². The summed E-state index contributed by atoms with van der Waals surface area (Å²) in [5.41, 5.74) is 0. The molecule has 0 aliphatic carbocycles. The molecule has 0 radical (unpaired) electrons. The van der Waals surface area contributed by atoms with Crippen LogP contribution in [0.2, 0.25) is 0 Å². The van der Waals surface area contributed by atoms with E-state index in [1.165, 1.54) is 96.3 Å². The van der Waals surface area contributed by atoms with Crippen LogP contribution in [0.3, 0.4) is 0 Å². The number of aliphatic hydroxyl groups is 5. The average molecular weight is 1180 g/mol. The lowest BCUT2D eigenvalue weighted by Crippen LogP contribution is -2.61. The summed E-state index contributed by atoms with van der Waals surface area (Å²) >= 11 is 0. The van der Waals surface area contributed by atoms with E-state index in [9.17, 15) is 35.1 Å². The Kier molecular flexibility index (Phi) is 55.6. The van der Waals surface area contributed by atoms with Crippen molar-refractivity contribution in [3.63, 3.8) is 0 Å². The third-order valence-corrected chi connectivity index (χ3v) is 15.4. The van der Waals surface area contributed by atoms with E-state index in [1.54, 1.807) is 6.08 Å². The fraction of sp³-hybridized carbons (Fsp3) is 0.726. The molecule has 0 spiro atoms. The van der Waals surface area contributed by atoms with E-state index < -0.39 is 67.4 Å². The summed E-state index contributed by atoms with van der Waals surface area (Å²) in [4.78, 5) is 26.7. The van der Waals surface area contributed by atoms with Crippen molar-refractivity contribution < 1.29 is 49.3 Å². The summed E-state index contributed by atoms with van der Waals surface area (Å²) in [5, 5.41) is 57.2. The molecule has 0 bridgehead atoms. The van der Waals surface area contributed by atoms with Crippen LogP contribution in [0.5, 0.6) is 0 Å². The lowest BCUT2D eigenvalue weighted by molar-refractivity contribution is -0.305. The van der Waals surface area contributed by atoms with Gasteiger partial charge in [-0.1, -0.05) is 271 Å². The van der Waals surface area contributed by atoms with Gasteiger partial charge in [-0.25, -0.2) is 0 Å². The molecule has 11 nitrogen and oxygen atoms in total. The minimum atomic E-state index is -1.63. The molecule has 0 aromatic rings. The summed E-state index contributed by atoms with van der Waals surface area (Å²) in [7, 11) is 0. The number of carbonyl (C=O) groups excluding carboxylic acids is 2. The van der Waals surface area contributed by atoms with Crippen molar-refractivity contribution in [3.05, 3.63) is 109 Å². The smallest absolute Gasteiger partial charge is 0.306 e. The molecule has 6 N–H and O–H groups in total. The fourth-order valence-electron chi connectivity index (χ4n) is 10.0. The number of rotatable bonds is 57. The molecule has 8 atom stereocenters. The highest BCUT2D eigenvalue weighted by Crippen LogP contribution is 2.26. The van der Waals surface area contributed by atoms with Gasteiger partial charge in [-0.3, -0.25) is 9.59 Å². The molecule has 0 aromatic carbocycles. The average Bonchev–Trinajstić information content (AvgIpc) is 3.55. The molecule has 482 valence electrons. The standard InChI is InChI=1S/C73H125NO10/c1-4-7-10-13-16-19-22-25-27-29-31-33-35-36-38-40-42-45-48-51-54-57-60-66(77)72(81)74-64(65(76)59-56-53-50-47-44-24-21-18-15-12-9-6-3)63-82-73-71(70(80)69(79)67(62-75)83-73)84-68(78)61-58-55-52-49-46-43-41-39-37-34-32-30-28-26-23-20-17-14-11-8-5-2/h7,10,16-17,19-20,25-28,31-34,36,38,56,59,64-67,69-71,73,75-77,79-80H,4-6,8-9,11-15,18,21-24,29-30,35,37,39-55,57-58,60-63H2,1-3H3,(H,74,81)/b10-7-,19-16-,20-17-,27-25-,28-26-,33-31-,34-32-,38-36-,59-56+. The Morgan fingerprint density at radius 1 is 0.476 bits per heavy atom. The number of nitrogens with one attached hydrogen (secondary N) is 1. The lowest BCUT2D eigenvalue weighted by atomic mass is 9.99. The minimum Gasteiger partial charge on any atom is -0.454 e. The topological polar surface area (TPSA) is 175 Å². The van der Waals surface area contributed by atoms with Crippen LogP contribution >= 0.6 is 0 Å². The van der Waals surface area contributed by atoms with Crippen molar-refractivity contribution in [2.45, 2.75) is 327 Å². The van der Waals surface area contributed by atoms with Gasteiger partial charge in [-0.05, 0) is 109 Å². The van der Waals surface area contributed by atoms with Crippen molar-refractivity contribution in [2.75, 3.05) is 13.2 Å². The van der Waals surface area contributed by atoms with E-state index >= 15 is 0 Å². The zero-order valence-corrected chi connectivity index (χ0v) is 53.5. The maximum absolute atomic E-state index is 13.5. The normalized spacial score (nSPS) is 19.2. The molecular weight excluding hydrogens is 1050 g/mol. The first-order chi connectivity index (χ1) is 41.2. The monoisotopic (exact) mass is 1180 g/mol. The first kappa shape index (κ1) is 78.3. The predicted octanol–water partition coefficient (Wildman–Crippen LogP) is 17.2. The van der Waals surface area contributed by atoms with E-state index in [2.05, 4.69) is 123 Å². The second-order valence-corrected chi connectivity index (χ2v) is 23.2. The Morgan fingerprint density at radius 2 is 0.857 bits per heavy atom. The van der Waals surface area contributed by atoms with Crippen molar-refractivity contribution in [1.29, 1.82) is 0 Å². The van der Waals surface area contributed by atoms with Crippen LogP contribution in [0, 0.1) is 0 Å². The molecule has 8 unspecified atom stereocenters. The fourth-order valence-corrected chi connectivity index (χ4v) is 10.0. The van der Waals surface area contributed by atoms with E-state index in [1.807, 2.05) is 6.08 Å². The van der Waals surface area contributed by atoms with E-state index in [4.69, 9.17) is 14.2 Å². The van der Waals surface area contributed by atoms with Gasteiger partial charge in [0.05, 0.1) is 25.4 Å². The van der Waals surface area contributed by atoms with E-state index in [0.717, 1.165) is 135 Å². The summed E-state index contributed by atoms with van der Waals surface area (Å²) < 4.78 is 17.7. The molecule has 1 heterocycles. The van der Waals surface area contributed by atoms with Crippen LogP contribution in [0.25, 0.3) is 0 Å². The van der Waals surface area contributed by atoms with Gasteiger partial charge in [0, 0.05) is 6.42 Å². The predicted molar refractivity (Wildman–Crippen MR) is 351 cm³/mol. The Balaban J connectivity index is 2.63. The summed E-state index contributed by atoms with van der Waals surface area (Å²) in [5.74, 6) is -1.22. The molecule has 1 saturated heterocycles. The highest BCUT2D eigenvalue weighted by molar-refractivity contribution is 5.80. The molecule has 1 aliphatic heterocycles. The Hall–Kier alpha value is -3.68. The third kappa shape index (κ3) is 46.5. The number of allylic oxidation sites excluding steroid dienone is 17. The van der Waals surface area contributed by atoms with E-state index in [0.29, 0.717) is 12.8 Å². The molecule has 1 fully saturated rings. The van der Waals surface area contributed by atoms with Crippen LogP contribution in [0.15, 0.2) is 109 Å². The molecule has 0 aromatic heterocycles. The second-order valence-electron chi connectivity index (χ2n) is 23.2. The Bertz CT molecular complexity index is 1780. The zero-order chi connectivity index (χ0) is 61.0. The summed E-state index contributed by atoms with van der Waals surface area (Å²) in [6.45, 7) is 5.65. The molecule has 0 saturated carbocycles. The van der Waals surface area contributed by atoms with Crippen molar-refractivity contribution in [3.8, 4) is 0 Å². The van der Waals surface area contributed by atoms with Gasteiger partial charge in [-0.15, -0.1) is 0 Å². The highest BCUT2D eigenvalue weighted by atomic mass is 16.7. The number of unbranched alkanes of at least 4 members (excludes halogenated alkanes) is 27. The maximum Gasteiger partial charge on any atom is 0.306 e. The van der Waals surface area contributed by atoms with Gasteiger partial charge < -0.3 is 45.1 Å². The van der Waals surface area contributed by atoms with Gasteiger partial charge in [0.25, 0.3) is 0 Å². The minimum absolute atomic E-state index is 0.109. The van der Waals surface area contributed by atoms with Crippen LogP contribution < -0.4 is 5.32 Å². The van der Waals surface area contributed by atoms with Crippen LogP contribution in [0.1, 0.15) is 278 Å². The number of amides is 1. The number of hydrogen-bond donors (Lipinski definition) is 6. The molecule has 1 rings (SSSR count). The molecule has 1 amide bonds. The first-order valence-corrected chi connectivity index (χ1v) is 34.2. The molecule has 11 heteroatoms. The number of carbonyl (C=O) groups is 2. The molecule has 1 aliphatic rings. The van der Waals surface area contributed by atoms with E-state index in [-0.39, 0.29) is 19.4 Å². The summed E-state index contributed by atoms with van der Waals surface area (Å²) in [6, 6.07) is -1.04.